The molecule has 0 heterocycles. The second kappa shape index (κ2) is 10.2. The van der Waals surface area contributed by atoms with E-state index in [1.807, 2.05) is 0 Å². The fraction of sp³-hybridized carbons (Fsp3) is 0.536. The first kappa shape index (κ1) is 23.4. The molecule has 2 aromatic carbocycles. The molecule has 1 heteroatoms. The lowest BCUT2D eigenvalue weighted by atomic mass is 9.84. The Bertz CT molecular complexity index is 772. The summed E-state index contributed by atoms with van der Waals surface area (Å²) in [6, 6.07) is 13.5. The van der Waals surface area contributed by atoms with Crippen LogP contribution in [-0.2, 0) is 6.42 Å². The van der Waals surface area contributed by atoms with Crippen LogP contribution in [-0.4, -0.2) is 6.21 Å². The highest BCUT2D eigenvalue weighted by Crippen LogP contribution is 2.35. The summed E-state index contributed by atoms with van der Waals surface area (Å²) in [5, 5.41) is 0. The summed E-state index contributed by atoms with van der Waals surface area (Å²) in [6.07, 6.45) is 3.24. The normalized spacial score (nSPS) is 13.4. The number of aliphatic imine (C=N–C) groups is 1. The van der Waals surface area contributed by atoms with E-state index < -0.39 is 0 Å². The average Bonchev–Trinajstić information content (AvgIpc) is 2.65. The van der Waals surface area contributed by atoms with Gasteiger partial charge in [0.15, 0.2) is 0 Å². The molecule has 0 fully saturated rings. The number of para-hydroxylation sites is 1. The van der Waals surface area contributed by atoms with Crippen molar-refractivity contribution in [2.45, 2.75) is 92.4 Å². The maximum absolute atomic E-state index is 5.07. The highest BCUT2D eigenvalue weighted by Gasteiger charge is 2.16. The summed E-state index contributed by atoms with van der Waals surface area (Å²) < 4.78 is 0. The Morgan fingerprint density at radius 2 is 1.00 bits per heavy atom. The molecule has 158 valence electrons. The number of hydrogen-bond acceptors (Lipinski definition) is 1. The van der Waals surface area contributed by atoms with Crippen LogP contribution < -0.4 is 0 Å². The van der Waals surface area contributed by atoms with E-state index in [9.17, 15) is 0 Å². The first-order valence-electron chi connectivity index (χ1n) is 11.4. The number of benzene rings is 2. The van der Waals surface area contributed by atoms with Gasteiger partial charge in [0.2, 0.25) is 0 Å². The molecule has 0 bridgehead atoms. The molecule has 1 atom stereocenters. The van der Waals surface area contributed by atoms with Crippen molar-refractivity contribution < 1.29 is 0 Å². The van der Waals surface area contributed by atoms with E-state index in [0.717, 1.165) is 6.42 Å². The average molecular weight is 392 g/mol. The van der Waals surface area contributed by atoms with Gasteiger partial charge >= 0.3 is 0 Å². The van der Waals surface area contributed by atoms with Crippen molar-refractivity contribution in [3.05, 3.63) is 64.2 Å². The predicted octanol–water partition coefficient (Wildman–Crippen LogP) is 8.76. The van der Waals surface area contributed by atoms with Crippen molar-refractivity contribution >= 4 is 11.9 Å². The Morgan fingerprint density at radius 3 is 1.38 bits per heavy atom. The smallest absolute Gasteiger partial charge is 0.0694 e. The molecular weight excluding hydrogens is 350 g/mol. The van der Waals surface area contributed by atoms with Gasteiger partial charge in [-0.05, 0) is 63.8 Å². The van der Waals surface area contributed by atoms with Crippen LogP contribution in [0, 0.1) is 5.92 Å². The highest BCUT2D eigenvalue weighted by atomic mass is 14.7. The quantitative estimate of drug-likeness (QED) is 0.399. The van der Waals surface area contributed by atoms with Gasteiger partial charge in [-0.1, -0.05) is 98.7 Å². The van der Waals surface area contributed by atoms with Crippen molar-refractivity contribution in [1.29, 1.82) is 0 Å². The molecule has 0 saturated carbocycles. The van der Waals surface area contributed by atoms with Crippen LogP contribution in [0.25, 0.3) is 0 Å². The Hall–Kier alpha value is -1.89. The molecule has 0 radical (unpaired) electrons. The molecule has 2 aromatic rings. The second-order valence-corrected chi connectivity index (χ2v) is 9.78. The molecule has 1 unspecified atom stereocenters. The Balaban J connectivity index is 2.38. The zero-order chi connectivity index (χ0) is 21.7. The van der Waals surface area contributed by atoms with Crippen LogP contribution in [0.2, 0.25) is 0 Å². The van der Waals surface area contributed by atoms with Gasteiger partial charge < -0.3 is 0 Å². The summed E-state index contributed by atoms with van der Waals surface area (Å²) in [5.41, 5.74) is 8.39. The lowest BCUT2D eigenvalue weighted by Crippen LogP contribution is -2.09. The third-order valence-electron chi connectivity index (χ3n) is 5.82. The molecule has 0 amide bonds. The van der Waals surface area contributed by atoms with Crippen molar-refractivity contribution in [1.82, 2.24) is 0 Å². The van der Waals surface area contributed by atoms with Gasteiger partial charge in [-0.3, -0.25) is 4.99 Å². The van der Waals surface area contributed by atoms with E-state index >= 15 is 0 Å². The number of nitrogens with zero attached hydrogens (tertiary/aromatic N) is 1. The van der Waals surface area contributed by atoms with Gasteiger partial charge in [0, 0.05) is 6.21 Å². The van der Waals surface area contributed by atoms with Gasteiger partial charge in [0.05, 0.1) is 5.69 Å². The standard InChI is InChI=1S/C28H41N/c1-18(2)23-12-10-13-24(19(3)4)27(23)16-22(9)17-29-28-25(20(5)6)14-11-15-26(28)21(7)8/h10-15,17-22H,16H2,1-9H3. The topological polar surface area (TPSA) is 12.4 Å². The van der Waals surface area contributed by atoms with Gasteiger partial charge in [0.25, 0.3) is 0 Å². The van der Waals surface area contributed by atoms with Crippen LogP contribution >= 0.6 is 0 Å². The maximum Gasteiger partial charge on any atom is 0.0694 e. The zero-order valence-electron chi connectivity index (χ0n) is 20.1. The molecule has 0 aliphatic carbocycles. The molecule has 1 nitrogen and oxygen atoms in total. The molecule has 2 rings (SSSR count). The summed E-state index contributed by atoms with van der Waals surface area (Å²) in [5.74, 6) is 2.44. The van der Waals surface area contributed by atoms with Crippen LogP contribution in [0.15, 0.2) is 41.4 Å². The zero-order valence-corrected chi connectivity index (χ0v) is 20.1. The lowest BCUT2D eigenvalue weighted by molar-refractivity contribution is 0.727. The Kier molecular flexibility index (Phi) is 8.25. The first-order chi connectivity index (χ1) is 13.6. The van der Waals surface area contributed by atoms with Crippen LogP contribution in [0.4, 0.5) is 5.69 Å². The van der Waals surface area contributed by atoms with Crippen molar-refractivity contribution in [3.63, 3.8) is 0 Å². The maximum atomic E-state index is 5.07. The van der Waals surface area contributed by atoms with Gasteiger partial charge in [-0.15, -0.1) is 0 Å². The summed E-state index contributed by atoms with van der Waals surface area (Å²) in [4.78, 5) is 5.07. The van der Waals surface area contributed by atoms with E-state index in [2.05, 4.69) is 105 Å². The summed E-state index contributed by atoms with van der Waals surface area (Å²) in [7, 11) is 0. The molecular formula is C28H41N. The third-order valence-corrected chi connectivity index (χ3v) is 5.82. The molecule has 0 saturated heterocycles. The molecule has 0 aromatic heterocycles. The minimum absolute atomic E-state index is 0.396. The molecule has 0 spiro atoms. The molecule has 0 aliphatic rings. The van der Waals surface area contributed by atoms with Gasteiger partial charge in [-0.25, -0.2) is 0 Å². The van der Waals surface area contributed by atoms with Crippen molar-refractivity contribution in [2.24, 2.45) is 10.9 Å². The van der Waals surface area contributed by atoms with E-state index in [1.165, 1.54) is 33.5 Å². The van der Waals surface area contributed by atoms with Crippen LogP contribution in [0.1, 0.15) is 114 Å². The molecule has 0 aliphatic heterocycles. The fourth-order valence-corrected chi connectivity index (χ4v) is 4.18. The van der Waals surface area contributed by atoms with E-state index in [-0.39, 0.29) is 0 Å². The van der Waals surface area contributed by atoms with Crippen LogP contribution in [0.5, 0.6) is 0 Å². The predicted molar refractivity (Wildman–Crippen MR) is 130 cm³/mol. The van der Waals surface area contributed by atoms with E-state index in [4.69, 9.17) is 4.99 Å². The van der Waals surface area contributed by atoms with E-state index in [1.54, 1.807) is 0 Å². The lowest BCUT2D eigenvalue weighted by Gasteiger charge is -2.21. The first-order valence-corrected chi connectivity index (χ1v) is 11.4. The monoisotopic (exact) mass is 391 g/mol. The van der Waals surface area contributed by atoms with Gasteiger partial charge in [-0.2, -0.15) is 0 Å². The fourth-order valence-electron chi connectivity index (χ4n) is 4.18. The minimum Gasteiger partial charge on any atom is -0.260 e. The summed E-state index contributed by atoms with van der Waals surface area (Å²) >= 11 is 0. The molecule has 29 heavy (non-hydrogen) atoms. The van der Waals surface area contributed by atoms with Gasteiger partial charge in [0.1, 0.15) is 0 Å². The number of hydrogen-bond donors (Lipinski definition) is 0. The van der Waals surface area contributed by atoms with Crippen molar-refractivity contribution in [3.8, 4) is 0 Å². The number of rotatable bonds is 8. The third kappa shape index (κ3) is 5.81. The second-order valence-electron chi connectivity index (χ2n) is 9.78. The summed E-state index contributed by atoms with van der Waals surface area (Å²) in [6.45, 7) is 20.5. The van der Waals surface area contributed by atoms with Crippen LogP contribution in [0.3, 0.4) is 0 Å². The molecule has 0 N–H and O–H groups in total. The SMILES string of the molecule is CC(C=Nc1c(C(C)C)cccc1C(C)C)Cc1c(C(C)C)cccc1C(C)C. The highest BCUT2D eigenvalue weighted by molar-refractivity contribution is 5.70. The Labute approximate surface area is 179 Å². The largest absolute Gasteiger partial charge is 0.260 e. The van der Waals surface area contributed by atoms with E-state index in [0.29, 0.717) is 29.6 Å². The van der Waals surface area contributed by atoms with Crippen molar-refractivity contribution in [2.75, 3.05) is 0 Å². The Morgan fingerprint density at radius 1 is 0.621 bits per heavy atom. The minimum atomic E-state index is 0.396.